The van der Waals surface area contributed by atoms with Crippen molar-refractivity contribution in [3.05, 3.63) is 0 Å². The van der Waals surface area contributed by atoms with Gasteiger partial charge in [-0.25, -0.2) is 4.39 Å². The molecule has 0 radical (unpaired) electrons. The molecule has 0 aromatic heterocycles. The van der Waals surface area contributed by atoms with Crippen molar-refractivity contribution < 1.29 is 27.5 Å². The highest BCUT2D eigenvalue weighted by atomic mass is 19.4. The summed E-state index contributed by atoms with van der Waals surface area (Å²) in [5.41, 5.74) is 0. The lowest BCUT2D eigenvalue weighted by atomic mass is 10.2. The Labute approximate surface area is 53.5 Å². The Bertz CT molecular complexity index is 130. The molecule has 10 heavy (non-hydrogen) atoms. The Hall–Kier alpha value is -0.810. The minimum absolute atomic E-state index is 1.92. The van der Waals surface area contributed by atoms with E-state index in [0.29, 0.717) is 0 Å². The molecule has 0 aliphatic rings. The van der Waals surface area contributed by atoms with E-state index >= 15 is 0 Å². The van der Waals surface area contributed by atoms with E-state index in [0.717, 1.165) is 0 Å². The predicted octanol–water partition coefficient (Wildman–Crippen LogP) is 1.22. The summed E-state index contributed by atoms with van der Waals surface area (Å²) in [6.07, 6.45) is -4.99. The van der Waals surface area contributed by atoms with Gasteiger partial charge >= 0.3 is 12.1 Å². The van der Waals surface area contributed by atoms with Crippen LogP contribution in [0, 0.1) is 5.92 Å². The molecule has 0 spiro atoms. The molecule has 0 saturated carbocycles. The molecule has 1 N–H and O–H groups in total. The number of rotatable bonds is 2. The number of halogens is 4. The normalized spacial score (nSPS) is 14.8. The average molecular weight is 160 g/mol. The zero-order valence-corrected chi connectivity index (χ0v) is 4.65. The van der Waals surface area contributed by atoms with Gasteiger partial charge in [0, 0.05) is 0 Å². The standard InChI is InChI=1S/C4H4F4O2/c5-1-2(3(9)10)4(6,7)8/h2H,1H2,(H,9,10). The van der Waals surface area contributed by atoms with Gasteiger partial charge in [0.15, 0.2) is 5.92 Å². The summed E-state index contributed by atoms with van der Waals surface area (Å²) in [4.78, 5) is 9.62. The van der Waals surface area contributed by atoms with Crippen molar-refractivity contribution in [2.24, 2.45) is 5.92 Å². The highest BCUT2D eigenvalue weighted by molar-refractivity contribution is 5.71. The topological polar surface area (TPSA) is 37.3 Å². The number of carboxylic acid groups (broad SMARTS) is 1. The Morgan fingerprint density at radius 1 is 1.50 bits per heavy atom. The molecule has 0 aromatic carbocycles. The molecule has 0 aliphatic carbocycles. The van der Waals surface area contributed by atoms with Crippen molar-refractivity contribution >= 4 is 5.97 Å². The molecule has 0 bridgehead atoms. The van der Waals surface area contributed by atoms with E-state index in [1.54, 1.807) is 0 Å². The molecule has 0 heterocycles. The summed E-state index contributed by atoms with van der Waals surface area (Å²) < 4.78 is 45.4. The summed E-state index contributed by atoms with van der Waals surface area (Å²) in [5, 5.41) is 7.75. The largest absolute Gasteiger partial charge is 0.481 e. The third-order valence-electron chi connectivity index (χ3n) is 0.848. The first-order valence-electron chi connectivity index (χ1n) is 2.25. The van der Waals surface area contributed by atoms with Crippen LogP contribution in [0.1, 0.15) is 0 Å². The smallest absolute Gasteiger partial charge is 0.404 e. The van der Waals surface area contributed by atoms with Crippen LogP contribution in [0.2, 0.25) is 0 Å². The summed E-state index contributed by atoms with van der Waals surface area (Å²) >= 11 is 0. The van der Waals surface area contributed by atoms with Gasteiger partial charge in [-0.2, -0.15) is 13.2 Å². The van der Waals surface area contributed by atoms with Gasteiger partial charge in [0.1, 0.15) is 6.67 Å². The molecule has 1 unspecified atom stereocenters. The second kappa shape index (κ2) is 2.85. The molecule has 6 heteroatoms. The maximum Gasteiger partial charge on any atom is 0.404 e. The molecule has 2 nitrogen and oxygen atoms in total. The molecular formula is C4H4F4O2. The lowest BCUT2D eigenvalue weighted by Crippen LogP contribution is -2.32. The van der Waals surface area contributed by atoms with Gasteiger partial charge in [-0.3, -0.25) is 4.79 Å². The zero-order chi connectivity index (χ0) is 8.36. The van der Waals surface area contributed by atoms with Crippen molar-refractivity contribution in [1.29, 1.82) is 0 Å². The minimum atomic E-state index is -4.99. The van der Waals surface area contributed by atoms with Gasteiger partial charge in [-0.1, -0.05) is 0 Å². The van der Waals surface area contributed by atoms with Crippen molar-refractivity contribution in [3.63, 3.8) is 0 Å². The van der Waals surface area contributed by atoms with Crippen LogP contribution in [0.5, 0.6) is 0 Å². The Morgan fingerprint density at radius 2 is 1.90 bits per heavy atom. The van der Waals surface area contributed by atoms with E-state index in [1.807, 2.05) is 0 Å². The predicted molar refractivity (Wildman–Crippen MR) is 23.2 cm³/mol. The molecule has 0 rings (SSSR count). The molecule has 1 atom stereocenters. The van der Waals surface area contributed by atoms with E-state index in [-0.39, 0.29) is 0 Å². The van der Waals surface area contributed by atoms with E-state index in [1.165, 1.54) is 0 Å². The fraction of sp³-hybridized carbons (Fsp3) is 0.750. The maximum absolute atomic E-state index is 11.4. The minimum Gasteiger partial charge on any atom is -0.481 e. The van der Waals surface area contributed by atoms with Crippen LogP contribution in [-0.4, -0.2) is 23.9 Å². The average Bonchev–Trinajstić information content (AvgIpc) is 1.60. The zero-order valence-electron chi connectivity index (χ0n) is 4.65. The van der Waals surface area contributed by atoms with Crippen LogP contribution in [0.15, 0.2) is 0 Å². The van der Waals surface area contributed by atoms with Gasteiger partial charge in [-0.05, 0) is 0 Å². The van der Waals surface area contributed by atoms with E-state index in [2.05, 4.69) is 0 Å². The highest BCUT2D eigenvalue weighted by Gasteiger charge is 2.45. The molecular weight excluding hydrogens is 156 g/mol. The second-order valence-electron chi connectivity index (χ2n) is 1.59. The van der Waals surface area contributed by atoms with Crippen LogP contribution >= 0.6 is 0 Å². The fourth-order valence-corrected chi connectivity index (χ4v) is 0.293. The van der Waals surface area contributed by atoms with Gasteiger partial charge in [0.25, 0.3) is 0 Å². The number of hydrogen-bond donors (Lipinski definition) is 1. The number of carbonyl (C=O) groups is 1. The number of aliphatic carboxylic acids is 1. The van der Waals surface area contributed by atoms with Gasteiger partial charge in [0.05, 0.1) is 0 Å². The number of carboxylic acids is 1. The molecule has 0 fully saturated rings. The quantitative estimate of drug-likeness (QED) is 0.616. The van der Waals surface area contributed by atoms with Gasteiger partial charge in [0.2, 0.25) is 0 Å². The van der Waals surface area contributed by atoms with E-state index in [9.17, 15) is 22.4 Å². The van der Waals surface area contributed by atoms with E-state index in [4.69, 9.17) is 5.11 Å². The van der Waals surface area contributed by atoms with Crippen LogP contribution in [0.4, 0.5) is 17.6 Å². The van der Waals surface area contributed by atoms with Crippen molar-refractivity contribution in [2.75, 3.05) is 6.67 Å². The first-order valence-corrected chi connectivity index (χ1v) is 2.25. The van der Waals surface area contributed by atoms with Crippen molar-refractivity contribution in [1.82, 2.24) is 0 Å². The van der Waals surface area contributed by atoms with Crippen molar-refractivity contribution in [2.45, 2.75) is 6.18 Å². The molecule has 60 valence electrons. The lowest BCUT2D eigenvalue weighted by molar-refractivity contribution is -0.195. The third-order valence-corrected chi connectivity index (χ3v) is 0.848. The van der Waals surface area contributed by atoms with Gasteiger partial charge in [-0.15, -0.1) is 0 Å². The second-order valence-corrected chi connectivity index (χ2v) is 1.59. The van der Waals surface area contributed by atoms with Gasteiger partial charge < -0.3 is 5.11 Å². The van der Waals surface area contributed by atoms with Crippen LogP contribution in [-0.2, 0) is 4.79 Å². The Kier molecular flexibility index (Phi) is 2.62. The monoisotopic (exact) mass is 160 g/mol. The highest BCUT2D eigenvalue weighted by Crippen LogP contribution is 2.26. The third kappa shape index (κ3) is 2.20. The molecule has 0 aliphatic heterocycles. The summed E-state index contributed by atoms with van der Waals surface area (Å²) in [6, 6.07) is 0. The summed E-state index contributed by atoms with van der Waals surface area (Å²) in [5.74, 6) is -5.07. The van der Waals surface area contributed by atoms with Crippen LogP contribution < -0.4 is 0 Å². The lowest BCUT2D eigenvalue weighted by Gasteiger charge is -2.10. The Morgan fingerprint density at radius 3 is 1.90 bits per heavy atom. The first-order chi connectivity index (χ1) is 4.39. The molecule has 0 saturated heterocycles. The van der Waals surface area contributed by atoms with Crippen molar-refractivity contribution in [3.8, 4) is 0 Å². The molecule has 0 amide bonds. The van der Waals surface area contributed by atoms with E-state index < -0.39 is 24.7 Å². The van der Waals surface area contributed by atoms with Crippen LogP contribution in [0.3, 0.4) is 0 Å². The van der Waals surface area contributed by atoms with Crippen LogP contribution in [0.25, 0.3) is 0 Å². The summed E-state index contributed by atoms with van der Waals surface area (Å²) in [6.45, 7) is -1.92. The fourth-order valence-electron chi connectivity index (χ4n) is 0.293. The SMILES string of the molecule is O=C(O)C(CF)C(F)(F)F. The Balaban J connectivity index is 4.22. The number of alkyl halides is 4. The summed E-state index contributed by atoms with van der Waals surface area (Å²) in [7, 11) is 0. The number of hydrogen-bond acceptors (Lipinski definition) is 1. The maximum atomic E-state index is 11.4. The first kappa shape index (κ1) is 9.19. The molecule has 0 aromatic rings.